The fourth-order valence-electron chi connectivity index (χ4n) is 8.00. The summed E-state index contributed by atoms with van der Waals surface area (Å²) in [7, 11) is 0. The predicted octanol–water partition coefficient (Wildman–Crippen LogP) is 12.2. The fourth-order valence-corrected chi connectivity index (χ4v) is 8.00. The molecule has 0 radical (unpaired) electrons. The molecule has 0 saturated heterocycles. The van der Waals surface area contributed by atoms with Crippen LogP contribution in [-0.2, 0) is 0 Å². The Morgan fingerprint density at radius 3 is 1.58 bits per heavy atom. The summed E-state index contributed by atoms with van der Waals surface area (Å²) in [6, 6.07) is 74.1. The highest BCUT2D eigenvalue weighted by molar-refractivity contribution is 6.15. The molecular formula is C50H36N3+. The van der Waals surface area contributed by atoms with Crippen LogP contribution in [0.5, 0.6) is 0 Å². The second-order valence-electron chi connectivity index (χ2n) is 13.6. The predicted molar refractivity (Wildman–Crippen MR) is 220 cm³/mol. The Balaban J connectivity index is 1.14. The van der Waals surface area contributed by atoms with E-state index in [-0.39, 0.29) is 6.17 Å². The van der Waals surface area contributed by atoms with Crippen LogP contribution in [0.15, 0.2) is 206 Å². The van der Waals surface area contributed by atoms with Crippen LogP contribution in [0.1, 0.15) is 17.3 Å². The lowest BCUT2D eigenvalue weighted by molar-refractivity contribution is -0.531. The molecule has 0 aliphatic carbocycles. The molecule has 0 spiro atoms. The van der Waals surface area contributed by atoms with Crippen molar-refractivity contribution in [3.63, 3.8) is 0 Å². The lowest BCUT2D eigenvalue weighted by Crippen LogP contribution is -2.51. The number of fused-ring (bicyclic) bond motifs is 3. The Morgan fingerprint density at radius 2 is 0.906 bits per heavy atom. The van der Waals surface area contributed by atoms with Gasteiger partial charge >= 0.3 is 0 Å². The lowest BCUT2D eigenvalue weighted by atomic mass is 9.99. The minimum Gasteiger partial charge on any atom is -0.309 e. The number of hydrogen-bond donors (Lipinski definition) is 1. The Labute approximate surface area is 309 Å². The van der Waals surface area contributed by atoms with Crippen LogP contribution in [0.3, 0.4) is 0 Å². The van der Waals surface area contributed by atoms with E-state index in [2.05, 4.69) is 221 Å². The molecule has 1 atom stereocenters. The van der Waals surface area contributed by atoms with Gasteiger partial charge < -0.3 is 4.57 Å². The second kappa shape index (κ2) is 13.0. The average molecular weight is 679 g/mol. The largest absolute Gasteiger partial charge is 0.309 e. The summed E-state index contributed by atoms with van der Waals surface area (Å²) in [6.45, 7) is 0. The Kier molecular flexibility index (Phi) is 7.54. The van der Waals surface area contributed by atoms with Crippen molar-refractivity contribution in [3.05, 3.63) is 217 Å². The third-order valence-electron chi connectivity index (χ3n) is 10.5. The summed E-state index contributed by atoms with van der Waals surface area (Å²) < 4.78 is 4.91. The van der Waals surface area contributed by atoms with Crippen molar-refractivity contribution in [2.24, 2.45) is 0 Å². The molecule has 0 saturated carbocycles. The number of rotatable bonds is 7. The highest BCUT2D eigenvalue weighted by atomic mass is 15.4. The minimum absolute atomic E-state index is 0.0916. The number of aromatic nitrogens is 1. The molecule has 1 aliphatic heterocycles. The summed E-state index contributed by atoms with van der Waals surface area (Å²) in [4.78, 5) is 0. The molecule has 8 aromatic carbocycles. The minimum atomic E-state index is -0.0916. The van der Waals surface area contributed by atoms with E-state index in [1.54, 1.807) is 0 Å². The van der Waals surface area contributed by atoms with E-state index in [1.165, 1.54) is 60.8 Å². The third-order valence-corrected chi connectivity index (χ3v) is 10.5. The number of nitrogens with one attached hydrogen (secondary N) is 1. The summed E-state index contributed by atoms with van der Waals surface area (Å²) in [5.74, 6) is 1.09. The van der Waals surface area contributed by atoms with Crippen LogP contribution in [-0.4, -0.2) is 15.0 Å². The number of benzene rings is 8. The van der Waals surface area contributed by atoms with Crippen LogP contribution < -0.4 is 5.32 Å². The van der Waals surface area contributed by atoms with Gasteiger partial charge in [0.2, 0.25) is 0 Å². The van der Waals surface area contributed by atoms with Gasteiger partial charge in [-0.05, 0) is 81.9 Å². The van der Waals surface area contributed by atoms with Crippen LogP contribution in [0.2, 0.25) is 0 Å². The van der Waals surface area contributed by atoms with Crippen molar-refractivity contribution in [3.8, 4) is 39.1 Å². The van der Waals surface area contributed by atoms with Crippen molar-refractivity contribution in [2.45, 2.75) is 6.17 Å². The van der Waals surface area contributed by atoms with Crippen molar-refractivity contribution < 1.29 is 4.58 Å². The lowest BCUT2D eigenvalue weighted by Gasteiger charge is -2.31. The molecule has 0 amide bonds. The maximum atomic E-state index is 3.93. The number of para-hydroxylation sites is 2. The second-order valence-corrected chi connectivity index (χ2v) is 13.6. The first-order valence-electron chi connectivity index (χ1n) is 18.2. The fraction of sp³-hybridized carbons (Fsp3) is 0.0200. The summed E-state index contributed by atoms with van der Waals surface area (Å²) in [6.07, 6.45) is -0.0916. The molecule has 10 rings (SSSR count). The highest BCUT2D eigenvalue weighted by Crippen LogP contribution is 2.41. The molecule has 3 heteroatoms. The molecule has 1 aliphatic rings. The molecule has 0 bridgehead atoms. The molecular weight excluding hydrogens is 643 g/mol. The van der Waals surface area contributed by atoms with E-state index in [0.29, 0.717) is 0 Å². The van der Waals surface area contributed by atoms with Gasteiger partial charge in [0.1, 0.15) is 5.69 Å². The Morgan fingerprint density at radius 1 is 0.396 bits per heavy atom. The first kappa shape index (κ1) is 30.8. The molecule has 0 fully saturated rings. The van der Waals surface area contributed by atoms with E-state index in [4.69, 9.17) is 0 Å². The first-order valence-corrected chi connectivity index (χ1v) is 18.2. The van der Waals surface area contributed by atoms with Crippen LogP contribution >= 0.6 is 0 Å². The Hall–Kier alpha value is -6.97. The van der Waals surface area contributed by atoms with Gasteiger partial charge in [-0.25, -0.2) is 5.32 Å². The molecule has 250 valence electrons. The zero-order valence-corrected chi connectivity index (χ0v) is 29.1. The van der Waals surface area contributed by atoms with Gasteiger partial charge in [-0.1, -0.05) is 158 Å². The number of hydrogen-bond acceptors (Lipinski definition) is 1. The van der Waals surface area contributed by atoms with E-state index < -0.39 is 0 Å². The van der Waals surface area contributed by atoms with Crippen molar-refractivity contribution in [1.29, 1.82) is 0 Å². The van der Waals surface area contributed by atoms with E-state index in [1.807, 2.05) is 0 Å². The smallest absolute Gasteiger partial charge is 0.289 e. The molecule has 2 heterocycles. The monoisotopic (exact) mass is 678 g/mol. The maximum absolute atomic E-state index is 3.93. The van der Waals surface area contributed by atoms with Gasteiger partial charge in [0, 0.05) is 10.8 Å². The molecule has 1 aromatic heterocycles. The molecule has 1 N–H and O–H groups in total. The van der Waals surface area contributed by atoms with E-state index in [0.717, 1.165) is 22.8 Å². The number of amidine groups is 1. The molecule has 53 heavy (non-hydrogen) atoms. The van der Waals surface area contributed by atoms with Gasteiger partial charge in [0.05, 0.1) is 27.8 Å². The maximum Gasteiger partial charge on any atom is 0.289 e. The number of nitrogens with zero attached hydrogens (tertiary/aromatic N) is 2. The van der Waals surface area contributed by atoms with Gasteiger partial charge in [-0.15, -0.1) is 0 Å². The van der Waals surface area contributed by atoms with Gasteiger partial charge in [0.15, 0.2) is 0 Å². The zero-order chi connectivity index (χ0) is 35.1. The molecule has 1 unspecified atom stereocenters. The van der Waals surface area contributed by atoms with Crippen molar-refractivity contribution in [1.82, 2.24) is 9.88 Å². The van der Waals surface area contributed by atoms with Crippen molar-refractivity contribution >= 4 is 33.3 Å². The topological polar surface area (TPSA) is 20.0 Å². The van der Waals surface area contributed by atoms with Crippen LogP contribution in [0, 0.1) is 0 Å². The van der Waals surface area contributed by atoms with Gasteiger partial charge in [-0.2, -0.15) is 4.58 Å². The summed E-state index contributed by atoms with van der Waals surface area (Å²) in [5.41, 5.74) is 14.3. The standard InChI is InChI=1S/C50H35N3/c1-4-15-35(16-5-1)37-27-29-40(30-28-37)49-51-50(52(49)41-33-31-38(32-34-41)36-17-6-2-7-18-36)44-22-11-13-25-46(44)53-45-24-12-10-21-43(45)48-42(23-14-26-47(48)53)39-19-8-3-9-20-39/h1-34,50H/p+1. The summed E-state index contributed by atoms with van der Waals surface area (Å²) in [5, 5.41) is 6.45. The molecule has 9 aromatic rings. The van der Waals surface area contributed by atoms with Crippen LogP contribution in [0.4, 0.5) is 5.69 Å². The van der Waals surface area contributed by atoms with E-state index in [9.17, 15) is 0 Å². The summed E-state index contributed by atoms with van der Waals surface area (Å²) >= 11 is 0. The third kappa shape index (κ3) is 5.33. The van der Waals surface area contributed by atoms with Gasteiger partial charge in [-0.3, -0.25) is 0 Å². The van der Waals surface area contributed by atoms with Crippen LogP contribution in [0.25, 0.3) is 60.9 Å². The molecule has 3 nitrogen and oxygen atoms in total. The highest BCUT2D eigenvalue weighted by Gasteiger charge is 2.42. The quantitative estimate of drug-likeness (QED) is 0.166. The Bertz CT molecular complexity index is 2760. The van der Waals surface area contributed by atoms with Crippen molar-refractivity contribution in [2.75, 3.05) is 0 Å². The SMILES string of the molecule is c1ccc(-c2ccc(C3=[N+](c4ccc(-c5ccccc5)cc4)C(c4ccccc4-n4c5ccccc5c5c(-c6ccccc6)cccc54)N3)cc2)cc1. The van der Waals surface area contributed by atoms with Gasteiger partial charge in [0.25, 0.3) is 12.0 Å². The van der Waals surface area contributed by atoms with E-state index >= 15 is 0 Å². The zero-order valence-electron chi connectivity index (χ0n) is 29.1. The normalized spacial score (nSPS) is 13.9. The first-order chi connectivity index (χ1) is 26.3. The average Bonchev–Trinajstić information content (AvgIpc) is 3.57.